The van der Waals surface area contributed by atoms with Crippen LogP contribution in [-0.2, 0) is 6.42 Å². The van der Waals surface area contributed by atoms with Crippen LogP contribution in [0.2, 0.25) is 0 Å². The molecule has 90 valence electrons. The van der Waals surface area contributed by atoms with Gasteiger partial charge < -0.3 is 5.32 Å². The van der Waals surface area contributed by atoms with Crippen molar-refractivity contribution < 1.29 is 0 Å². The lowest BCUT2D eigenvalue weighted by Crippen LogP contribution is -2.16. The lowest BCUT2D eigenvalue weighted by atomic mass is 10.0. The third-order valence-corrected chi connectivity index (χ3v) is 2.97. The number of nitrogens with zero attached hydrogens (tertiary/aromatic N) is 1. The highest BCUT2D eigenvalue weighted by molar-refractivity contribution is 5.81. The van der Waals surface area contributed by atoms with Crippen molar-refractivity contribution in [3.63, 3.8) is 0 Å². The van der Waals surface area contributed by atoms with Gasteiger partial charge in [-0.3, -0.25) is 4.98 Å². The highest BCUT2D eigenvalue weighted by Gasteiger charge is 2.00. The molecule has 0 unspecified atom stereocenters. The summed E-state index contributed by atoms with van der Waals surface area (Å²) >= 11 is 0. The maximum atomic E-state index is 4.38. The molecule has 2 aromatic rings. The first-order valence-electron chi connectivity index (χ1n) is 6.45. The second kappa shape index (κ2) is 6.36. The fourth-order valence-corrected chi connectivity index (χ4v) is 2.08. The molecule has 2 heteroatoms. The van der Waals surface area contributed by atoms with Gasteiger partial charge in [-0.1, -0.05) is 25.1 Å². The largest absolute Gasteiger partial charge is 0.317 e. The molecular weight excluding hydrogens is 208 g/mol. The fourth-order valence-electron chi connectivity index (χ4n) is 2.08. The number of pyridine rings is 1. The fraction of sp³-hybridized carbons (Fsp3) is 0.400. The highest BCUT2D eigenvalue weighted by Crippen LogP contribution is 2.17. The average molecular weight is 228 g/mol. The molecule has 0 aliphatic carbocycles. The van der Waals surface area contributed by atoms with Gasteiger partial charge in [0.1, 0.15) is 0 Å². The van der Waals surface area contributed by atoms with Gasteiger partial charge in [-0.15, -0.1) is 0 Å². The Kier molecular flexibility index (Phi) is 4.51. The smallest absolute Gasteiger partial charge is 0.0704 e. The minimum absolute atomic E-state index is 1.10. The highest BCUT2D eigenvalue weighted by atomic mass is 14.8. The normalized spacial score (nSPS) is 10.9. The van der Waals surface area contributed by atoms with Gasteiger partial charge in [-0.05, 0) is 50.0 Å². The summed E-state index contributed by atoms with van der Waals surface area (Å²) in [5.41, 5.74) is 2.51. The first kappa shape index (κ1) is 12.1. The molecule has 2 nitrogen and oxygen atoms in total. The number of aryl methyl sites for hydroxylation is 1. The van der Waals surface area contributed by atoms with Crippen LogP contribution in [0.15, 0.2) is 36.5 Å². The second-order valence-electron chi connectivity index (χ2n) is 4.34. The lowest BCUT2D eigenvalue weighted by molar-refractivity contribution is 0.641. The van der Waals surface area contributed by atoms with Crippen LogP contribution >= 0.6 is 0 Å². The van der Waals surface area contributed by atoms with Crippen LogP contribution < -0.4 is 5.32 Å². The summed E-state index contributed by atoms with van der Waals surface area (Å²) < 4.78 is 0. The molecule has 1 aromatic carbocycles. The van der Waals surface area contributed by atoms with Crippen molar-refractivity contribution in [3.8, 4) is 0 Å². The van der Waals surface area contributed by atoms with E-state index in [9.17, 15) is 0 Å². The molecule has 0 radical (unpaired) electrons. The Labute approximate surface area is 103 Å². The molecule has 1 heterocycles. The van der Waals surface area contributed by atoms with Crippen molar-refractivity contribution in [2.45, 2.75) is 26.2 Å². The Morgan fingerprint density at radius 1 is 1.12 bits per heavy atom. The van der Waals surface area contributed by atoms with Crippen LogP contribution in [-0.4, -0.2) is 18.1 Å². The van der Waals surface area contributed by atoms with Crippen LogP contribution in [0.1, 0.15) is 25.3 Å². The molecular formula is C15H20N2. The number of fused-ring (bicyclic) bond motifs is 1. The third-order valence-electron chi connectivity index (χ3n) is 2.97. The molecule has 1 aromatic heterocycles. The molecule has 0 amide bonds. The SMILES string of the molecule is CCCNCCCc1ccnc2ccccc12. The number of rotatable bonds is 6. The first-order valence-corrected chi connectivity index (χ1v) is 6.45. The number of nitrogens with one attached hydrogen (secondary N) is 1. The molecule has 0 spiro atoms. The van der Waals surface area contributed by atoms with E-state index in [-0.39, 0.29) is 0 Å². The maximum absolute atomic E-state index is 4.38. The molecule has 0 aliphatic rings. The Morgan fingerprint density at radius 2 is 2.00 bits per heavy atom. The lowest BCUT2D eigenvalue weighted by Gasteiger charge is -2.06. The summed E-state index contributed by atoms with van der Waals surface area (Å²) in [6, 6.07) is 10.5. The number of aromatic nitrogens is 1. The van der Waals surface area contributed by atoms with Gasteiger partial charge in [0, 0.05) is 11.6 Å². The van der Waals surface area contributed by atoms with Gasteiger partial charge in [0.25, 0.3) is 0 Å². The van der Waals surface area contributed by atoms with Gasteiger partial charge in [-0.25, -0.2) is 0 Å². The number of hydrogen-bond donors (Lipinski definition) is 1. The van der Waals surface area contributed by atoms with Crippen molar-refractivity contribution in [1.29, 1.82) is 0 Å². The van der Waals surface area contributed by atoms with E-state index in [1.807, 2.05) is 12.3 Å². The zero-order chi connectivity index (χ0) is 11.9. The van der Waals surface area contributed by atoms with E-state index < -0.39 is 0 Å². The van der Waals surface area contributed by atoms with E-state index in [2.05, 4.69) is 41.5 Å². The van der Waals surface area contributed by atoms with Gasteiger partial charge in [0.2, 0.25) is 0 Å². The van der Waals surface area contributed by atoms with Gasteiger partial charge in [-0.2, -0.15) is 0 Å². The third kappa shape index (κ3) is 3.27. The molecule has 0 saturated heterocycles. The van der Waals surface area contributed by atoms with Crippen molar-refractivity contribution >= 4 is 10.9 Å². The van der Waals surface area contributed by atoms with E-state index in [0.717, 1.165) is 25.0 Å². The Bertz CT molecular complexity index is 460. The molecule has 17 heavy (non-hydrogen) atoms. The summed E-state index contributed by atoms with van der Waals surface area (Å²) in [6.45, 7) is 4.42. The van der Waals surface area contributed by atoms with Crippen LogP contribution in [0.4, 0.5) is 0 Å². The molecule has 2 rings (SSSR count). The molecule has 0 saturated carbocycles. The molecule has 1 N–H and O–H groups in total. The predicted molar refractivity (Wildman–Crippen MR) is 73.2 cm³/mol. The van der Waals surface area contributed by atoms with Crippen LogP contribution in [0.25, 0.3) is 10.9 Å². The monoisotopic (exact) mass is 228 g/mol. The van der Waals surface area contributed by atoms with Crippen molar-refractivity contribution in [3.05, 3.63) is 42.1 Å². The van der Waals surface area contributed by atoms with E-state index in [1.54, 1.807) is 0 Å². The number of hydrogen-bond acceptors (Lipinski definition) is 2. The average Bonchev–Trinajstić information content (AvgIpc) is 2.39. The molecule has 0 atom stereocenters. The zero-order valence-corrected chi connectivity index (χ0v) is 10.4. The summed E-state index contributed by atoms with van der Waals surface area (Å²) in [6.07, 6.45) is 5.43. The summed E-state index contributed by atoms with van der Waals surface area (Å²) in [5, 5.41) is 4.73. The first-order chi connectivity index (χ1) is 8.42. The van der Waals surface area contributed by atoms with Crippen LogP contribution in [0, 0.1) is 0 Å². The van der Waals surface area contributed by atoms with Gasteiger partial charge >= 0.3 is 0 Å². The summed E-state index contributed by atoms with van der Waals surface area (Å²) in [5.74, 6) is 0. The molecule has 0 bridgehead atoms. The van der Waals surface area contributed by atoms with E-state index in [4.69, 9.17) is 0 Å². The number of benzene rings is 1. The van der Waals surface area contributed by atoms with Gasteiger partial charge in [0.05, 0.1) is 5.52 Å². The standard InChI is InChI=1S/C15H20N2/c1-2-10-16-11-5-6-13-9-12-17-15-8-4-3-7-14(13)15/h3-4,7-9,12,16H,2,5-6,10-11H2,1H3. The second-order valence-corrected chi connectivity index (χ2v) is 4.34. The quantitative estimate of drug-likeness (QED) is 0.768. The Hall–Kier alpha value is -1.41. The van der Waals surface area contributed by atoms with Crippen molar-refractivity contribution in [2.75, 3.05) is 13.1 Å². The van der Waals surface area contributed by atoms with E-state index in [1.165, 1.54) is 23.8 Å². The van der Waals surface area contributed by atoms with Crippen molar-refractivity contribution in [1.82, 2.24) is 10.3 Å². The summed E-state index contributed by atoms with van der Waals surface area (Å²) in [4.78, 5) is 4.38. The van der Waals surface area contributed by atoms with E-state index in [0.29, 0.717) is 0 Å². The Morgan fingerprint density at radius 3 is 2.88 bits per heavy atom. The minimum Gasteiger partial charge on any atom is -0.317 e. The van der Waals surface area contributed by atoms with Gasteiger partial charge in [0.15, 0.2) is 0 Å². The molecule has 0 fully saturated rings. The maximum Gasteiger partial charge on any atom is 0.0704 e. The number of para-hydroxylation sites is 1. The zero-order valence-electron chi connectivity index (χ0n) is 10.4. The molecule has 0 aliphatic heterocycles. The van der Waals surface area contributed by atoms with Crippen LogP contribution in [0.3, 0.4) is 0 Å². The topological polar surface area (TPSA) is 24.9 Å². The van der Waals surface area contributed by atoms with E-state index >= 15 is 0 Å². The minimum atomic E-state index is 1.10. The Balaban J connectivity index is 1.98. The predicted octanol–water partition coefficient (Wildman–Crippen LogP) is 3.17. The summed E-state index contributed by atoms with van der Waals surface area (Å²) in [7, 11) is 0. The van der Waals surface area contributed by atoms with Crippen molar-refractivity contribution in [2.24, 2.45) is 0 Å². The van der Waals surface area contributed by atoms with Crippen LogP contribution in [0.5, 0.6) is 0 Å².